The van der Waals surface area contributed by atoms with Crippen molar-refractivity contribution in [3.05, 3.63) is 42.2 Å². The van der Waals surface area contributed by atoms with Crippen LogP contribution in [0.1, 0.15) is 36.0 Å². The van der Waals surface area contributed by atoms with Crippen LogP contribution in [0, 0.1) is 0 Å². The van der Waals surface area contributed by atoms with Crippen LogP contribution >= 0.6 is 12.6 Å². The van der Waals surface area contributed by atoms with Crippen LogP contribution in [0.2, 0.25) is 0 Å². The number of primary amides is 1. The third-order valence-corrected chi connectivity index (χ3v) is 2.88. The van der Waals surface area contributed by atoms with E-state index in [1.165, 1.54) is 25.7 Å². The van der Waals surface area contributed by atoms with Crippen LogP contribution in [0.3, 0.4) is 0 Å². The second-order valence-electron chi connectivity index (χ2n) is 4.22. The van der Waals surface area contributed by atoms with Gasteiger partial charge in [-0.3, -0.25) is 4.79 Å². The van der Waals surface area contributed by atoms with Crippen LogP contribution in [0.15, 0.2) is 36.7 Å². The lowest BCUT2D eigenvalue weighted by molar-refractivity contribution is 0.100. The molecule has 4 nitrogen and oxygen atoms in total. The standard InChI is InChI=1S/C8H7N3O.C6H10.CH4S/c9-7(12)5-1-3-10-8-6(5)2-4-11-8;1-2-4-6-5-3-1;1-2/h1-4H,(H2,9,12)(H,10,11);1-2H,3-6H2;2H,1H3. The number of allylic oxidation sites excluding steroid dienone is 2. The van der Waals surface area contributed by atoms with Gasteiger partial charge in [0.05, 0.1) is 5.56 Å². The molecule has 3 rings (SSSR count). The van der Waals surface area contributed by atoms with Crippen molar-refractivity contribution < 1.29 is 4.79 Å². The molecule has 0 saturated carbocycles. The molecule has 2 aromatic heterocycles. The molecule has 0 atom stereocenters. The Hall–Kier alpha value is -1.75. The number of rotatable bonds is 1. The van der Waals surface area contributed by atoms with E-state index in [1.807, 2.05) is 0 Å². The number of nitrogens with one attached hydrogen (secondary N) is 1. The summed E-state index contributed by atoms with van der Waals surface area (Å²) in [5, 5.41) is 0.769. The van der Waals surface area contributed by atoms with E-state index >= 15 is 0 Å². The van der Waals surface area contributed by atoms with E-state index in [-0.39, 0.29) is 0 Å². The molecule has 2 aromatic rings. The predicted molar refractivity (Wildman–Crippen MR) is 87.1 cm³/mol. The second-order valence-corrected chi connectivity index (χ2v) is 4.22. The molecular weight excluding hydrogens is 270 g/mol. The first-order valence-electron chi connectivity index (χ1n) is 6.60. The van der Waals surface area contributed by atoms with Crippen molar-refractivity contribution in [2.45, 2.75) is 25.7 Å². The molecule has 3 N–H and O–H groups in total. The van der Waals surface area contributed by atoms with Crippen LogP contribution < -0.4 is 5.73 Å². The Bertz CT molecular complexity index is 555. The smallest absolute Gasteiger partial charge is 0.249 e. The molecule has 0 saturated heterocycles. The molecule has 5 heteroatoms. The monoisotopic (exact) mass is 291 g/mol. The zero-order valence-corrected chi connectivity index (χ0v) is 12.6. The molecule has 0 aliphatic heterocycles. The van der Waals surface area contributed by atoms with Crippen LogP contribution in [0.5, 0.6) is 0 Å². The first-order chi connectivity index (χ1) is 9.79. The summed E-state index contributed by atoms with van der Waals surface area (Å²) >= 11 is 3.53. The van der Waals surface area contributed by atoms with Gasteiger partial charge in [0, 0.05) is 17.8 Å². The number of carbonyl (C=O) groups excluding carboxylic acids is 1. The number of nitrogens with two attached hydrogens (primary N) is 1. The van der Waals surface area contributed by atoms with Crippen LogP contribution in [-0.2, 0) is 0 Å². The summed E-state index contributed by atoms with van der Waals surface area (Å²) in [6.07, 6.45) is 15.0. The number of H-pyrrole nitrogens is 1. The van der Waals surface area contributed by atoms with E-state index in [1.54, 1.807) is 30.8 Å². The van der Waals surface area contributed by atoms with Gasteiger partial charge in [0.15, 0.2) is 0 Å². The van der Waals surface area contributed by atoms with Crippen molar-refractivity contribution in [1.82, 2.24) is 9.97 Å². The predicted octanol–water partition coefficient (Wildman–Crippen LogP) is 3.32. The number of aromatic amines is 1. The quantitative estimate of drug-likeness (QED) is 0.557. The van der Waals surface area contributed by atoms with Crippen LogP contribution in [0.4, 0.5) is 0 Å². The third-order valence-electron chi connectivity index (χ3n) is 2.88. The topological polar surface area (TPSA) is 71.8 Å². The molecule has 0 spiro atoms. The van der Waals surface area contributed by atoms with E-state index in [0.29, 0.717) is 11.2 Å². The highest BCUT2D eigenvalue weighted by Crippen LogP contribution is 2.13. The van der Waals surface area contributed by atoms with Gasteiger partial charge in [-0.15, -0.1) is 0 Å². The summed E-state index contributed by atoms with van der Waals surface area (Å²) in [6.45, 7) is 0. The third kappa shape index (κ3) is 4.74. The molecule has 0 unspecified atom stereocenters. The Labute approximate surface area is 124 Å². The first kappa shape index (κ1) is 16.3. The van der Waals surface area contributed by atoms with Gasteiger partial charge in [-0.2, -0.15) is 12.6 Å². The van der Waals surface area contributed by atoms with Crippen LogP contribution in [-0.4, -0.2) is 22.1 Å². The summed E-state index contributed by atoms with van der Waals surface area (Å²) in [5.41, 5.74) is 6.35. The number of fused-ring (bicyclic) bond motifs is 1. The maximum Gasteiger partial charge on any atom is 0.249 e. The maximum atomic E-state index is 10.9. The van der Waals surface area contributed by atoms with Gasteiger partial charge in [-0.05, 0) is 44.1 Å². The molecule has 1 amide bonds. The fourth-order valence-electron chi connectivity index (χ4n) is 1.94. The molecule has 0 bridgehead atoms. The van der Waals surface area contributed by atoms with E-state index in [0.717, 1.165) is 5.39 Å². The lowest BCUT2D eigenvalue weighted by Gasteiger charge is -1.97. The highest BCUT2D eigenvalue weighted by atomic mass is 32.1. The molecule has 0 aromatic carbocycles. The van der Waals surface area contributed by atoms with Crippen molar-refractivity contribution >= 4 is 29.6 Å². The van der Waals surface area contributed by atoms with E-state index in [2.05, 4.69) is 34.7 Å². The van der Waals surface area contributed by atoms with Crippen molar-refractivity contribution in [3.63, 3.8) is 0 Å². The minimum Gasteiger partial charge on any atom is -0.366 e. The summed E-state index contributed by atoms with van der Waals surface area (Å²) in [7, 11) is 0. The Morgan fingerprint density at radius 1 is 1.25 bits per heavy atom. The van der Waals surface area contributed by atoms with E-state index in [4.69, 9.17) is 5.73 Å². The highest BCUT2D eigenvalue weighted by Gasteiger charge is 2.06. The lowest BCUT2D eigenvalue weighted by atomic mass is 10.1. The Balaban J connectivity index is 0.000000211. The fourth-order valence-corrected chi connectivity index (χ4v) is 1.94. The Kier molecular flexibility index (Phi) is 7.50. The largest absolute Gasteiger partial charge is 0.366 e. The molecule has 20 heavy (non-hydrogen) atoms. The molecule has 1 aliphatic carbocycles. The Morgan fingerprint density at radius 3 is 2.40 bits per heavy atom. The number of thiol groups is 1. The number of carbonyl (C=O) groups is 1. The number of nitrogens with zero attached hydrogens (tertiary/aromatic N) is 1. The van der Waals surface area contributed by atoms with Gasteiger partial charge in [0.2, 0.25) is 5.91 Å². The number of hydrogen-bond donors (Lipinski definition) is 3. The van der Waals surface area contributed by atoms with Crippen molar-refractivity contribution in [2.75, 3.05) is 6.26 Å². The molecule has 108 valence electrons. The Morgan fingerprint density at radius 2 is 1.90 bits per heavy atom. The van der Waals surface area contributed by atoms with Gasteiger partial charge in [0.25, 0.3) is 0 Å². The fraction of sp³-hybridized carbons (Fsp3) is 0.333. The number of amides is 1. The number of pyridine rings is 1. The minimum absolute atomic E-state index is 0.429. The molecule has 2 heterocycles. The molecule has 1 aliphatic rings. The van der Waals surface area contributed by atoms with E-state index < -0.39 is 5.91 Å². The SMILES string of the molecule is C1=CCCCC1.CS.NC(=O)c1ccnc2[nH]ccc12. The van der Waals surface area contributed by atoms with Gasteiger partial charge in [-0.25, -0.2) is 4.98 Å². The summed E-state index contributed by atoms with van der Waals surface area (Å²) in [5.74, 6) is -0.429. The average Bonchev–Trinajstić information content (AvgIpc) is 3.00. The van der Waals surface area contributed by atoms with Gasteiger partial charge in [-0.1, -0.05) is 12.2 Å². The zero-order valence-electron chi connectivity index (χ0n) is 11.7. The summed E-state index contributed by atoms with van der Waals surface area (Å²) < 4.78 is 0. The second kappa shape index (κ2) is 9.20. The van der Waals surface area contributed by atoms with Gasteiger partial charge >= 0.3 is 0 Å². The van der Waals surface area contributed by atoms with Crippen molar-refractivity contribution in [3.8, 4) is 0 Å². The van der Waals surface area contributed by atoms with Gasteiger partial charge in [0.1, 0.15) is 5.65 Å². The molecule has 0 fully saturated rings. The normalized spacial score (nSPS) is 12.9. The van der Waals surface area contributed by atoms with Crippen molar-refractivity contribution in [2.24, 2.45) is 5.73 Å². The highest BCUT2D eigenvalue weighted by molar-refractivity contribution is 7.79. The average molecular weight is 291 g/mol. The maximum absolute atomic E-state index is 10.9. The summed E-state index contributed by atoms with van der Waals surface area (Å²) in [6, 6.07) is 3.39. The number of aromatic nitrogens is 2. The van der Waals surface area contributed by atoms with Crippen molar-refractivity contribution in [1.29, 1.82) is 0 Å². The molecule has 0 radical (unpaired) electrons. The first-order valence-corrected chi connectivity index (χ1v) is 7.50. The number of hydrogen-bond acceptors (Lipinski definition) is 3. The minimum atomic E-state index is -0.429. The lowest BCUT2D eigenvalue weighted by Crippen LogP contribution is -2.11. The van der Waals surface area contributed by atoms with Gasteiger partial charge < -0.3 is 10.7 Å². The zero-order chi connectivity index (χ0) is 14.8. The van der Waals surface area contributed by atoms with Crippen LogP contribution in [0.25, 0.3) is 11.0 Å². The summed E-state index contributed by atoms with van der Waals surface area (Å²) in [4.78, 5) is 17.8. The molecular formula is C15H21N3OS. The van der Waals surface area contributed by atoms with E-state index in [9.17, 15) is 4.79 Å².